The highest BCUT2D eigenvalue weighted by atomic mass is 16.2. The minimum Gasteiger partial charge on any atom is -0.296 e. The highest BCUT2D eigenvalue weighted by Crippen LogP contribution is 2.22. The number of benzene rings is 1. The quantitative estimate of drug-likeness (QED) is 0.452. The zero-order chi connectivity index (χ0) is 11.7. The van der Waals surface area contributed by atoms with Crippen molar-refractivity contribution in [3.63, 3.8) is 0 Å². The van der Waals surface area contributed by atoms with Crippen LogP contribution < -0.4 is 5.32 Å². The number of hydrogen-bond acceptors (Lipinski definition) is 3. The monoisotopic (exact) mass is 217 g/mol. The van der Waals surface area contributed by atoms with E-state index in [0.717, 1.165) is 0 Å². The van der Waals surface area contributed by atoms with Gasteiger partial charge in [0, 0.05) is 5.56 Å². The number of carbonyl (C=O) groups is 3. The van der Waals surface area contributed by atoms with Crippen molar-refractivity contribution in [2.24, 2.45) is 11.8 Å². The number of ketones is 1. The van der Waals surface area contributed by atoms with Crippen LogP contribution in [0.2, 0.25) is 0 Å². The van der Waals surface area contributed by atoms with Crippen LogP contribution in [-0.2, 0) is 9.59 Å². The van der Waals surface area contributed by atoms with Crippen molar-refractivity contribution in [2.75, 3.05) is 0 Å². The third-order valence-corrected chi connectivity index (χ3v) is 2.78. The lowest BCUT2D eigenvalue weighted by Crippen LogP contribution is -2.27. The van der Waals surface area contributed by atoms with Gasteiger partial charge < -0.3 is 0 Å². The van der Waals surface area contributed by atoms with Crippen molar-refractivity contribution in [3.8, 4) is 0 Å². The first-order valence-corrected chi connectivity index (χ1v) is 5.05. The summed E-state index contributed by atoms with van der Waals surface area (Å²) in [7, 11) is 0. The van der Waals surface area contributed by atoms with Crippen LogP contribution in [0.4, 0.5) is 0 Å². The van der Waals surface area contributed by atoms with Gasteiger partial charge in [0.2, 0.25) is 11.8 Å². The van der Waals surface area contributed by atoms with E-state index < -0.39 is 17.7 Å². The van der Waals surface area contributed by atoms with Gasteiger partial charge in [-0.25, -0.2) is 0 Å². The molecule has 1 aromatic carbocycles. The highest BCUT2D eigenvalue weighted by Gasteiger charge is 2.43. The fraction of sp³-hybridized carbons (Fsp3) is 0.250. The fourth-order valence-electron chi connectivity index (χ4n) is 1.82. The van der Waals surface area contributed by atoms with Crippen LogP contribution in [0.3, 0.4) is 0 Å². The van der Waals surface area contributed by atoms with E-state index in [1.54, 1.807) is 37.3 Å². The summed E-state index contributed by atoms with van der Waals surface area (Å²) in [4.78, 5) is 34.7. The van der Waals surface area contributed by atoms with Gasteiger partial charge in [0.25, 0.3) is 0 Å². The normalized spacial score (nSPS) is 24.3. The van der Waals surface area contributed by atoms with E-state index in [9.17, 15) is 14.4 Å². The molecule has 1 saturated heterocycles. The van der Waals surface area contributed by atoms with Crippen LogP contribution in [0.5, 0.6) is 0 Å². The minimum atomic E-state index is -0.880. The van der Waals surface area contributed by atoms with Gasteiger partial charge in [-0.15, -0.1) is 0 Å². The smallest absolute Gasteiger partial charge is 0.238 e. The average Bonchev–Trinajstić information content (AvgIpc) is 2.54. The van der Waals surface area contributed by atoms with E-state index in [2.05, 4.69) is 5.32 Å². The summed E-state index contributed by atoms with van der Waals surface area (Å²) in [6.45, 7) is 1.59. The Balaban J connectivity index is 2.30. The Morgan fingerprint density at radius 1 is 1.12 bits per heavy atom. The molecule has 16 heavy (non-hydrogen) atoms. The van der Waals surface area contributed by atoms with Crippen molar-refractivity contribution in [2.45, 2.75) is 6.92 Å². The summed E-state index contributed by atoms with van der Waals surface area (Å²) in [5.41, 5.74) is 0.462. The Morgan fingerprint density at radius 3 is 2.25 bits per heavy atom. The highest BCUT2D eigenvalue weighted by molar-refractivity contribution is 6.19. The van der Waals surface area contributed by atoms with Gasteiger partial charge >= 0.3 is 0 Å². The molecule has 2 unspecified atom stereocenters. The van der Waals surface area contributed by atoms with Crippen molar-refractivity contribution < 1.29 is 14.4 Å². The van der Waals surface area contributed by atoms with Crippen LogP contribution in [0, 0.1) is 11.8 Å². The average molecular weight is 217 g/mol. The Hall–Kier alpha value is -1.97. The summed E-state index contributed by atoms with van der Waals surface area (Å²) < 4.78 is 0. The lowest BCUT2D eigenvalue weighted by atomic mass is 9.89. The molecule has 0 aromatic heterocycles. The van der Waals surface area contributed by atoms with Crippen molar-refractivity contribution in [1.29, 1.82) is 0 Å². The number of nitrogens with one attached hydrogen (secondary N) is 1. The number of carbonyl (C=O) groups excluding carboxylic acids is 3. The van der Waals surface area contributed by atoms with Gasteiger partial charge in [-0.05, 0) is 0 Å². The standard InChI is InChI=1S/C12H11NO3/c1-7-9(12(16)13-11(7)15)10(14)8-5-3-2-4-6-8/h2-7,9H,1H3,(H,13,15,16). The summed E-state index contributed by atoms with van der Waals surface area (Å²) in [6, 6.07) is 8.54. The van der Waals surface area contributed by atoms with E-state index >= 15 is 0 Å². The first-order chi connectivity index (χ1) is 7.61. The molecule has 2 amide bonds. The van der Waals surface area contributed by atoms with Gasteiger partial charge in [0.1, 0.15) is 5.92 Å². The zero-order valence-corrected chi connectivity index (χ0v) is 8.77. The van der Waals surface area contributed by atoms with E-state index in [0.29, 0.717) is 5.56 Å². The lowest BCUT2D eigenvalue weighted by molar-refractivity contribution is -0.125. The Kier molecular flexibility index (Phi) is 2.56. The summed E-state index contributed by atoms with van der Waals surface area (Å²) in [6.07, 6.45) is 0. The number of hydrogen-bond donors (Lipinski definition) is 1. The number of Topliss-reactive ketones (excluding diaryl/α,β-unsaturated/α-hetero) is 1. The molecule has 2 atom stereocenters. The third-order valence-electron chi connectivity index (χ3n) is 2.78. The van der Waals surface area contributed by atoms with Crippen molar-refractivity contribution >= 4 is 17.6 Å². The van der Waals surface area contributed by atoms with Gasteiger partial charge in [-0.3, -0.25) is 19.7 Å². The third kappa shape index (κ3) is 1.62. The predicted molar refractivity (Wildman–Crippen MR) is 56.6 cm³/mol. The molecular weight excluding hydrogens is 206 g/mol. The topological polar surface area (TPSA) is 63.2 Å². The Morgan fingerprint density at radius 2 is 1.75 bits per heavy atom. The van der Waals surface area contributed by atoms with E-state index in [1.165, 1.54) is 0 Å². The predicted octanol–water partition coefficient (Wildman–Crippen LogP) is 0.778. The molecule has 0 spiro atoms. The molecule has 0 radical (unpaired) electrons. The summed E-state index contributed by atoms with van der Waals surface area (Å²) in [5, 5.41) is 2.17. The van der Waals surface area contributed by atoms with Crippen LogP contribution >= 0.6 is 0 Å². The SMILES string of the molecule is CC1C(=O)NC(=O)C1C(=O)c1ccccc1. The molecule has 82 valence electrons. The fourth-order valence-corrected chi connectivity index (χ4v) is 1.82. The molecule has 1 fully saturated rings. The number of amides is 2. The maximum Gasteiger partial charge on any atom is 0.238 e. The molecule has 1 N–H and O–H groups in total. The Bertz CT molecular complexity index is 453. The molecule has 4 heteroatoms. The molecule has 0 saturated carbocycles. The second-order valence-corrected chi connectivity index (χ2v) is 3.85. The lowest BCUT2D eigenvalue weighted by Gasteiger charge is -2.09. The van der Waals surface area contributed by atoms with Gasteiger partial charge in [-0.2, -0.15) is 0 Å². The van der Waals surface area contributed by atoms with Crippen LogP contribution in [0.15, 0.2) is 30.3 Å². The molecule has 0 bridgehead atoms. The summed E-state index contributed by atoms with van der Waals surface area (Å²) in [5.74, 6) is -2.63. The maximum absolute atomic E-state index is 12.0. The van der Waals surface area contributed by atoms with Gasteiger partial charge in [0.05, 0.1) is 5.92 Å². The molecule has 0 aliphatic carbocycles. The number of rotatable bonds is 2. The van der Waals surface area contributed by atoms with E-state index in [-0.39, 0.29) is 11.7 Å². The van der Waals surface area contributed by atoms with Gasteiger partial charge in [-0.1, -0.05) is 37.3 Å². The van der Waals surface area contributed by atoms with E-state index in [1.807, 2.05) is 0 Å². The molecule has 1 aliphatic heterocycles. The summed E-state index contributed by atoms with van der Waals surface area (Å²) >= 11 is 0. The van der Waals surface area contributed by atoms with Crippen LogP contribution in [0.1, 0.15) is 17.3 Å². The van der Waals surface area contributed by atoms with Crippen LogP contribution in [0.25, 0.3) is 0 Å². The molecule has 2 rings (SSSR count). The molecule has 1 aliphatic rings. The van der Waals surface area contributed by atoms with Crippen LogP contribution in [-0.4, -0.2) is 17.6 Å². The molecule has 1 heterocycles. The van der Waals surface area contributed by atoms with E-state index in [4.69, 9.17) is 0 Å². The zero-order valence-electron chi connectivity index (χ0n) is 8.77. The number of imide groups is 1. The van der Waals surface area contributed by atoms with Crippen molar-refractivity contribution in [1.82, 2.24) is 5.32 Å². The maximum atomic E-state index is 12.0. The first kappa shape index (κ1) is 10.5. The molecule has 1 aromatic rings. The second-order valence-electron chi connectivity index (χ2n) is 3.85. The van der Waals surface area contributed by atoms with Crippen molar-refractivity contribution in [3.05, 3.63) is 35.9 Å². The molecule has 4 nitrogen and oxygen atoms in total. The molecular formula is C12H11NO3. The Labute approximate surface area is 92.6 Å². The van der Waals surface area contributed by atoms with Gasteiger partial charge in [0.15, 0.2) is 5.78 Å². The minimum absolute atomic E-state index is 0.295. The largest absolute Gasteiger partial charge is 0.296 e. The first-order valence-electron chi connectivity index (χ1n) is 5.05. The second kappa shape index (κ2) is 3.89.